The van der Waals surface area contributed by atoms with Gasteiger partial charge in [0.15, 0.2) is 0 Å². The first kappa shape index (κ1) is 9.69. The van der Waals surface area contributed by atoms with E-state index in [-0.39, 0.29) is 0 Å². The molecule has 1 aromatic rings. The zero-order chi connectivity index (χ0) is 9.80. The lowest BCUT2D eigenvalue weighted by atomic mass is 9.97. The molecule has 2 nitrogen and oxygen atoms in total. The van der Waals surface area contributed by atoms with Crippen LogP contribution >= 0.6 is 0 Å². The van der Waals surface area contributed by atoms with Crippen molar-refractivity contribution in [3.05, 3.63) is 35.4 Å². The molecule has 1 heterocycles. The van der Waals surface area contributed by atoms with Crippen molar-refractivity contribution in [3.63, 3.8) is 0 Å². The molecule has 1 aliphatic heterocycles. The fourth-order valence-electron chi connectivity index (χ4n) is 1.92. The average molecular weight is 191 g/mol. The highest BCUT2D eigenvalue weighted by atomic mass is 16.5. The van der Waals surface area contributed by atoms with E-state index in [0.29, 0.717) is 5.92 Å². The van der Waals surface area contributed by atoms with Crippen LogP contribution in [0.1, 0.15) is 23.5 Å². The van der Waals surface area contributed by atoms with Crippen LogP contribution in [-0.2, 0) is 11.2 Å². The van der Waals surface area contributed by atoms with Crippen LogP contribution in [0, 0.1) is 0 Å². The maximum Gasteiger partial charge on any atom is 0.0535 e. The van der Waals surface area contributed by atoms with Gasteiger partial charge in [0.25, 0.3) is 0 Å². The van der Waals surface area contributed by atoms with E-state index in [1.807, 2.05) is 0 Å². The van der Waals surface area contributed by atoms with Gasteiger partial charge in [0, 0.05) is 12.5 Å². The fraction of sp³-hybridized carbons (Fsp3) is 0.500. The van der Waals surface area contributed by atoms with Gasteiger partial charge in [-0.1, -0.05) is 24.3 Å². The lowest BCUT2D eigenvalue weighted by molar-refractivity contribution is 0.194. The van der Waals surface area contributed by atoms with Gasteiger partial charge in [0.2, 0.25) is 0 Å². The molecule has 1 fully saturated rings. The van der Waals surface area contributed by atoms with Crippen LogP contribution in [0.3, 0.4) is 0 Å². The summed E-state index contributed by atoms with van der Waals surface area (Å²) in [5, 5.41) is 0. The van der Waals surface area contributed by atoms with Crippen LogP contribution in [0.25, 0.3) is 0 Å². The normalized spacial score (nSPS) is 21.4. The lowest BCUT2D eigenvalue weighted by Gasteiger charge is -2.08. The Morgan fingerprint density at radius 3 is 2.64 bits per heavy atom. The number of nitrogens with two attached hydrogens (primary N) is 1. The van der Waals surface area contributed by atoms with Gasteiger partial charge < -0.3 is 10.5 Å². The molecule has 0 amide bonds. The van der Waals surface area contributed by atoms with Gasteiger partial charge in [0.05, 0.1) is 6.61 Å². The molecule has 0 saturated carbocycles. The highest BCUT2D eigenvalue weighted by molar-refractivity contribution is 5.26. The van der Waals surface area contributed by atoms with E-state index in [4.69, 9.17) is 10.5 Å². The fourth-order valence-corrected chi connectivity index (χ4v) is 1.92. The predicted molar refractivity (Wildman–Crippen MR) is 57.4 cm³/mol. The molecule has 1 aromatic carbocycles. The summed E-state index contributed by atoms with van der Waals surface area (Å²) in [5.41, 5.74) is 8.24. The Hall–Kier alpha value is -0.860. The van der Waals surface area contributed by atoms with Crippen LogP contribution in [0.4, 0.5) is 0 Å². The van der Waals surface area contributed by atoms with Crippen LogP contribution in [0.5, 0.6) is 0 Å². The molecular formula is C12H17NO. The smallest absolute Gasteiger partial charge is 0.0535 e. The predicted octanol–water partition coefficient (Wildman–Crippen LogP) is 1.69. The number of ether oxygens (including phenoxy) is 1. The Labute approximate surface area is 85.1 Å². The first-order chi connectivity index (χ1) is 6.90. The van der Waals surface area contributed by atoms with Gasteiger partial charge in [-0.25, -0.2) is 0 Å². The SMILES string of the molecule is NCCc1ccc(C2CCOC2)cc1. The number of benzene rings is 1. The van der Waals surface area contributed by atoms with Crippen molar-refractivity contribution in [2.75, 3.05) is 19.8 Å². The molecule has 76 valence electrons. The molecule has 1 unspecified atom stereocenters. The quantitative estimate of drug-likeness (QED) is 0.789. The molecule has 14 heavy (non-hydrogen) atoms. The monoisotopic (exact) mass is 191 g/mol. The van der Waals surface area contributed by atoms with Crippen LogP contribution < -0.4 is 5.73 Å². The molecule has 2 rings (SSSR count). The molecular weight excluding hydrogens is 174 g/mol. The van der Waals surface area contributed by atoms with Crippen LogP contribution in [0.2, 0.25) is 0 Å². The van der Waals surface area contributed by atoms with Gasteiger partial charge in [-0.05, 0) is 30.5 Å². The Bertz CT molecular complexity index is 275. The molecule has 0 radical (unpaired) electrons. The summed E-state index contributed by atoms with van der Waals surface area (Å²) >= 11 is 0. The Morgan fingerprint density at radius 2 is 2.07 bits per heavy atom. The molecule has 2 N–H and O–H groups in total. The standard InChI is InChI=1S/C12H17NO/c13-7-5-10-1-3-11(4-2-10)12-6-8-14-9-12/h1-4,12H,5-9,13H2. The molecule has 1 aliphatic rings. The van der Waals surface area contributed by atoms with Gasteiger partial charge in [-0.15, -0.1) is 0 Å². The second-order valence-corrected chi connectivity index (χ2v) is 3.84. The molecule has 1 saturated heterocycles. The van der Waals surface area contributed by atoms with Gasteiger partial charge in [0.1, 0.15) is 0 Å². The summed E-state index contributed by atoms with van der Waals surface area (Å²) in [4.78, 5) is 0. The van der Waals surface area contributed by atoms with Crippen molar-refractivity contribution in [3.8, 4) is 0 Å². The average Bonchev–Trinajstić information content (AvgIpc) is 2.72. The molecule has 0 aromatic heterocycles. The van der Waals surface area contributed by atoms with E-state index in [0.717, 1.165) is 32.6 Å². The summed E-state index contributed by atoms with van der Waals surface area (Å²) in [6, 6.07) is 8.79. The Balaban J connectivity index is 2.05. The van der Waals surface area contributed by atoms with Gasteiger partial charge in [-0.3, -0.25) is 0 Å². The molecule has 0 spiro atoms. The van der Waals surface area contributed by atoms with Crippen molar-refractivity contribution in [2.45, 2.75) is 18.8 Å². The van der Waals surface area contributed by atoms with E-state index in [1.165, 1.54) is 11.1 Å². The zero-order valence-corrected chi connectivity index (χ0v) is 8.41. The molecule has 1 atom stereocenters. The first-order valence-electron chi connectivity index (χ1n) is 5.27. The third kappa shape index (κ3) is 2.14. The highest BCUT2D eigenvalue weighted by Crippen LogP contribution is 2.25. The van der Waals surface area contributed by atoms with E-state index in [9.17, 15) is 0 Å². The maximum atomic E-state index is 5.50. The van der Waals surface area contributed by atoms with Gasteiger partial charge in [-0.2, -0.15) is 0 Å². The largest absolute Gasteiger partial charge is 0.381 e. The van der Waals surface area contributed by atoms with Crippen molar-refractivity contribution < 1.29 is 4.74 Å². The van der Waals surface area contributed by atoms with Crippen LogP contribution in [0.15, 0.2) is 24.3 Å². The third-order valence-electron chi connectivity index (χ3n) is 2.81. The minimum atomic E-state index is 0.613. The van der Waals surface area contributed by atoms with Crippen molar-refractivity contribution in [1.29, 1.82) is 0 Å². The third-order valence-corrected chi connectivity index (χ3v) is 2.81. The minimum Gasteiger partial charge on any atom is -0.381 e. The van der Waals surface area contributed by atoms with E-state index in [1.54, 1.807) is 0 Å². The summed E-state index contributed by atoms with van der Waals surface area (Å²) in [7, 11) is 0. The Kier molecular flexibility index (Phi) is 3.17. The van der Waals surface area contributed by atoms with Crippen LogP contribution in [-0.4, -0.2) is 19.8 Å². The van der Waals surface area contributed by atoms with Crippen molar-refractivity contribution >= 4 is 0 Å². The number of hydrogen-bond acceptors (Lipinski definition) is 2. The van der Waals surface area contributed by atoms with E-state index >= 15 is 0 Å². The summed E-state index contributed by atoms with van der Waals surface area (Å²) < 4.78 is 5.37. The summed E-state index contributed by atoms with van der Waals surface area (Å²) in [6.45, 7) is 2.53. The van der Waals surface area contributed by atoms with Crippen molar-refractivity contribution in [1.82, 2.24) is 0 Å². The van der Waals surface area contributed by atoms with E-state index in [2.05, 4.69) is 24.3 Å². The van der Waals surface area contributed by atoms with E-state index < -0.39 is 0 Å². The van der Waals surface area contributed by atoms with Gasteiger partial charge >= 0.3 is 0 Å². The van der Waals surface area contributed by atoms with Crippen molar-refractivity contribution in [2.24, 2.45) is 5.73 Å². The molecule has 0 bridgehead atoms. The second-order valence-electron chi connectivity index (χ2n) is 3.84. The number of hydrogen-bond donors (Lipinski definition) is 1. The molecule has 2 heteroatoms. The minimum absolute atomic E-state index is 0.613. The number of rotatable bonds is 3. The Morgan fingerprint density at radius 1 is 1.29 bits per heavy atom. The zero-order valence-electron chi connectivity index (χ0n) is 8.41. The highest BCUT2D eigenvalue weighted by Gasteiger charge is 2.16. The summed E-state index contributed by atoms with van der Waals surface area (Å²) in [5.74, 6) is 0.613. The maximum absolute atomic E-state index is 5.50. The summed E-state index contributed by atoms with van der Waals surface area (Å²) in [6.07, 6.45) is 2.14. The lowest BCUT2D eigenvalue weighted by Crippen LogP contribution is -2.03. The topological polar surface area (TPSA) is 35.2 Å². The first-order valence-corrected chi connectivity index (χ1v) is 5.27. The molecule has 0 aliphatic carbocycles. The second kappa shape index (κ2) is 4.58.